The molecule has 0 radical (unpaired) electrons. The number of benzene rings is 1. The lowest BCUT2D eigenvalue weighted by Gasteiger charge is -2.08. The van der Waals surface area contributed by atoms with Gasteiger partial charge in [-0.15, -0.1) is 0 Å². The fourth-order valence-electron chi connectivity index (χ4n) is 1.71. The van der Waals surface area contributed by atoms with Crippen LogP contribution in [0.25, 0.3) is 0 Å². The van der Waals surface area contributed by atoms with Crippen molar-refractivity contribution in [3.63, 3.8) is 0 Å². The van der Waals surface area contributed by atoms with Crippen molar-refractivity contribution in [1.29, 1.82) is 0 Å². The van der Waals surface area contributed by atoms with E-state index in [9.17, 15) is 4.79 Å². The van der Waals surface area contributed by atoms with E-state index in [1.807, 2.05) is 12.1 Å². The first-order chi connectivity index (χ1) is 10.7. The molecule has 0 atom stereocenters. The van der Waals surface area contributed by atoms with Gasteiger partial charge in [-0.25, -0.2) is 4.79 Å². The zero-order valence-corrected chi connectivity index (χ0v) is 12.8. The molecule has 0 aliphatic carbocycles. The van der Waals surface area contributed by atoms with Gasteiger partial charge < -0.3 is 19.9 Å². The van der Waals surface area contributed by atoms with E-state index in [1.54, 1.807) is 19.1 Å². The summed E-state index contributed by atoms with van der Waals surface area (Å²) in [6.07, 6.45) is 2.12. The number of urea groups is 1. The highest BCUT2D eigenvalue weighted by atomic mass is 16.5. The van der Waals surface area contributed by atoms with Gasteiger partial charge in [0.15, 0.2) is 5.82 Å². The summed E-state index contributed by atoms with van der Waals surface area (Å²) in [6.45, 7) is 4.72. The van der Waals surface area contributed by atoms with Crippen LogP contribution in [-0.2, 0) is 6.54 Å². The Balaban J connectivity index is 1.76. The number of amides is 2. The predicted molar refractivity (Wildman–Crippen MR) is 81.7 cm³/mol. The van der Waals surface area contributed by atoms with Gasteiger partial charge in [0.2, 0.25) is 5.89 Å². The number of nitrogens with one attached hydrogen (secondary N) is 2. The number of carbonyl (C=O) groups is 1. The van der Waals surface area contributed by atoms with E-state index in [4.69, 9.17) is 9.26 Å². The number of hydrogen-bond donors (Lipinski definition) is 2. The second kappa shape index (κ2) is 8.02. The number of nitrogens with zero attached hydrogens (tertiary/aromatic N) is 2. The van der Waals surface area contributed by atoms with Gasteiger partial charge in [-0.05, 0) is 37.6 Å². The SMILES string of the molecule is CCCCOc1ccc(NC(=O)NCc2nc(C)no2)cc1. The Morgan fingerprint density at radius 1 is 1.32 bits per heavy atom. The van der Waals surface area contributed by atoms with E-state index in [2.05, 4.69) is 27.7 Å². The molecule has 2 N–H and O–H groups in total. The molecule has 0 saturated carbocycles. The van der Waals surface area contributed by atoms with Gasteiger partial charge in [0.25, 0.3) is 0 Å². The van der Waals surface area contributed by atoms with Crippen molar-refractivity contribution < 1.29 is 14.1 Å². The maximum atomic E-state index is 11.7. The minimum Gasteiger partial charge on any atom is -0.494 e. The molecule has 7 nitrogen and oxygen atoms in total. The molecule has 2 rings (SSSR count). The van der Waals surface area contributed by atoms with E-state index >= 15 is 0 Å². The van der Waals surface area contributed by atoms with E-state index in [1.165, 1.54) is 0 Å². The molecular weight excluding hydrogens is 284 g/mol. The highest BCUT2D eigenvalue weighted by Gasteiger charge is 2.06. The minimum absolute atomic E-state index is 0.185. The first kappa shape index (κ1) is 15.8. The van der Waals surface area contributed by atoms with Crippen molar-refractivity contribution in [3.8, 4) is 5.75 Å². The summed E-state index contributed by atoms with van der Waals surface area (Å²) in [7, 11) is 0. The van der Waals surface area contributed by atoms with Crippen LogP contribution in [0.5, 0.6) is 5.75 Å². The number of aromatic nitrogens is 2. The maximum Gasteiger partial charge on any atom is 0.319 e. The van der Waals surface area contributed by atoms with Gasteiger partial charge in [0.1, 0.15) is 5.75 Å². The first-order valence-corrected chi connectivity index (χ1v) is 7.24. The van der Waals surface area contributed by atoms with Crippen LogP contribution in [-0.4, -0.2) is 22.8 Å². The van der Waals surface area contributed by atoms with Crippen LogP contribution < -0.4 is 15.4 Å². The molecule has 1 heterocycles. The second-order valence-corrected chi connectivity index (χ2v) is 4.77. The third-order valence-electron chi connectivity index (χ3n) is 2.85. The molecular formula is C15H20N4O3. The monoisotopic (exact) mass is 304 g/mol. The molecule has 7 heteroatoms. The molecule has 0 bridgehead atoms. The standard InChI is InChI=1S/C15H20N4O3/c1-3-4-9-21-13-7-5-12(6-8-13)18-15(20)16-10-14-17-11(2)19-22-14/h5-8H,3-4,9-10H2,1-2H3,(H2,16,18,20). The summed E-state index contributed by atoms with van der Waals surface area (Å²) in [5.41, 5.74) is 0.682. The summed E-state index contributed by atoms with van der Waals surface area (Å²) in [6, 6.07) is 6.89. The molecule has 0 saturated heterocycles. The van der Waals surface area contributed by atoms with Crippen LogP contribution in [0.2, 0.25) is 0 Å². The van der Waals surface area contributed by atoms with E-state index in [-0.39, 0.29) is 12.6 Å². The van der Waals surface area contributed by atoms with Crippen LogP contribution in [0.4, 0.5) is 10.5 Å². The van der Waals surface area contributed by atoms with Crippen molar-refractivity contribution in [3.05, 3.63) is 36.0 Å². The Hall–Kier alpha value is -2.57. The smallest absolute Gasteiger partial charge is 0.319 e. The zero-order valence-electron chi connectivity index (χ0n) is 12.8. The summed E-state index contributed by atoms with van der Waals surface area (Å²) in [4.78, 5) is 15.7. The molecule has 1 aromatic carbocycles. The van der Waals surface area contributed by atoms with Crippen molar-refractivity contribution in [2.75, 3.05) is 11.9 Å². The number of ether oxygens (including phenoxy) is 1. The highest BCUT2D eigenvalue weighted by Crippen LogP contribution is 2.15. The number of carbonyl (C=O) groups excluding carboxylic acids is 1. The van der Waals surface area contributed by atoms with Crippen LogP contribution in [0.15, 0.2) is 28.8 Å². The normalized spacial score (nSPS) is 10.3. The molecule has 0 aliphatic rings. The molecule has 0 fully saturated rings. The average molecular weight is 304 g/mol. The number of rotatable bonds is 7. The van der Waals surface area contributed by atoms with Crippen molar-refractivity contribution in [2.45, 2.75) is 33.2 Å². The molecule has 22 heavy (non-hydrogen) atoms. The first-order valence-electron chi connectivity index (χ1n) is 7.24. The van der Waals surface area contributed by atoms with Crippen LogP contribution in [0.1, 0.15) is 31.5 Å². The van der Waals surface area contributed by atoms with E-state index < -0.39 is 0 Å². The number of anilines is 1. The van der Waals surface area contributed by atoms with Crippen LogP contribution in [0.3, 0.4) is 0 Å². The van der Waals surface area contributed by atoms with Gasteiger partial charge in [-0.1, -0.05) is 18.5 Å². The Morgan fingerprint density at radius 2 is 2.09 bits per heavy atom. The second-order valence-electron chi connectivity index (χ2n) is 4.77. The summed E-state index contributed by atoms with van der Waals surface area (Å²) in [5.74, 6) is 1.70. The molecule has 2 aromatic rings. The van der Waals surface area contributed by atoms with Crippen molar-refractivity contribution >= 4 is 11.7 Å². The van der Waals surface area contributed by atoms with Gasteiger partial charge in [0.05, 0.1) is 13.2 Å². The average Bonchev–Trinajstić information content (AvgIpc) is 2.93. The van der Waals surface area contributed by atoms with Crippen molar-refractivity contribution in [2.24, 2.45) is 0 Å². The van der Waals surface area contributed by atoms with Gasteiger partial charge in [0, 0.05) is 5.69 Å². The third kappa shape index (κ3) is 5.08. The largest absolute Gasteiger partial charge is 0.494 e. The molecule has 0 spiro atoms. The molecule has 0 unspecified atom stereocenters. The molecule has 0 aliphatic heterocycles. The van der Waals surface area contributed by atoms with Gasteiger partial charge in [-0.2, -0.15) is 4.98 Å². The number of unbranched alkanes of at least 4 members (excludes halogenated alkanes) is 1. The summed E-state index contributed by atoms with van der Waals surface area (Å²) < 4.78 is 10.5. The quantitative estimate of drug-likeness (QED) is 0.768. The Labute approximate surface area is 129 Å². The van der Waals surface area contributed by atoms with Crippen LogP contribution >= 0.6 is 0 Å². The summed E-state index contributed by atoms with van der Waals surface area (Å²) >= 11 is 0. The fourth-order valence-corrected chi connectivity index (χ4v) is 1.71. The Morgan fingerprint density at radius 3 is 2.73 bits per heavy atom. The Kier molecular flexibility index (Phi) is 5.76. The van der Waals surface area contributed by atoms with Gasteiger partial charge in [-0.3, -0.25) is 0 Å². The Bertz CT molecular complexity index is 595. The zero-order chi connectivity index (χ0) is 15.8. The predicted octanol–water partition coefficient (Wildman–Crippen LogP) is 2.88. The van der Waals surface area contributed by atoms with Crippen LogP contribution in [0, 0.1) is 6.92 Å². The van der Waals surface area contributed by atoms with E-state index in [0.717, 1.165) is 18.6 Å². The molecule has 1 aromatic heterocycles. The lowest BCUT2D eigenvalue weighted by atomic mass is 10.3. The third-order valence-corrected chi connectivity index (χ3v) is 2.85. The lowest BCUT2D eigenvalue weighted by Crippen LogP contribution is -2.28. The number of aryl methyl sites for hydroxylation is 1. The topological polar surface area (TPSA) is 89.3 Å². The van der Waals surface area contributed by atoms with Crippen molar-refractivity contribution in [1.82, 2.24) is 15.5 Å². The molecule has 2 amide bonds. The number of hydrogen-bond acceptors (Lipinski definition) is 5. The minimum atomic E-state index is -0.337. The summed E-state index contributed by atoms with van der Waals surface area (Å²) in [5, 5.41) is 9.00. The maximum absolute atomic E-state index is 11.7. The van der Waals surface area contributed by atoms with E-state index in [0.29, 0.717) is 24.0 Å². The van der Waals surface area contributed by atoms with Gasteiger partial charge >= 0.3 is 6.03 Å². The highest BCUT2D eigenvalue weighted by molar-refractivity contribution is 5.89. The molecule has 118 valence electrons. The fraction of sp³-hybridized carbons (Fsp3) is 0.400. The lowest BCUT2D eigenvalue weighted by molar-refractivity contribution is 0.249.